The highest BCUT2D eigenvalue weighted by Gasteiger charge is 2.37. The zero-order valence-electron chi connectivity index (χ0n) is 12.3. The van der Waals surface area contributed by atoms with Crippen LogP contribution in [-0.2, 0) is 16.3 Å². The molecule has 2 rings (SSSR count). The van der Waals surface area contributed by atoms with Crippen molar-refractivity contribution in [3.63, 3.8) is 0 Å². The Hall–Kier alpha value is -1.41. The summed E-state index contributed by atoms with van der Waals surface area (Å²) in [6, 6.07) is 11.2. The van der Waals surface area contributed by atoms with Crippen LogP contribution in [0.25, 0.3) is 0 Å². The van der Waals surface area contributed by atoms with Crippen molar-refractivity contribution < 1.29 is 64.9 Å². The van der Waals surface area contributed by atoms with Gasteiger partial charge in [0.05, 0.1) is 5.56 Å². The van der Waals surface area contributed by atoms with Gasteiger partial charge in [0.25, 0.3) is 0 Å². The molecule has 0 atom stereocenters. The van der Waals surface area contributed by atoms with Gasteiger partial charge in [0.15, 0.2) is 17.3 Å². The van der Waals surface area contributed by atoms with E-state index in [1.54, 1.807) is 12.1 Å². The molecule has 144 valence electrons. The van der Waals surface area contributed by atoms with Gasteiger partial charge < -0.3 is 4.55 Å². The van der Waals surface area contributed by atoms with Gasteiger partial charge in [-0.15, -0.1) is 0 Å². The summed E-state index contributed by atoms with van der Waals surface area (Å²) in [6.45, 7) is 0. The molecule has 0 N–H and O–H groups in total. The fraction of sp³-hybridized carbons (Fsp3) is 0.143. The van der Waals surface area contributed by atoms with Gasteiger partial charge in [0, 0.05) is 0 Å². The Morgan fingerprint density at radius 2 is 1.12 bits per heavy atom. The molecule has 0 saturated heterocycles. The van der Waals surface area contributed by atoms with Crippen LogP contribution >= 0.6 is 0 Å². The number of hydrogen-bond acceptors (Lipinski definition) is 3. The van der Waals surface area contributed by atoms with Crippen LogP contribution in [0.3, 0.4) is 0 Å². The van der Waals surface area contributed by atoms with Crippen LogP contribution in [0, 0.1) is 13.0 Å². The average molecular weight is 516 g/mol. The van der Waals surface area contributed by atoms with E-state index >= 15 is 0 Å². The third-order valence-corrected chi connectivity index (χ3v) is 5.73. The summed E-state index contributed by atoms with van der Waals surface area (Å²) in [6.07, 6.45) is -4.30. The molecule has 26 heavy (non-hydrogen) atoms. The standard InChI is InChI=1S/C13H8F4I.CHF3O3S/c14-10-3-7-12(8-4-10)18-11-5-1-9(2-6-11)13(15,16)17;2-1(3,4)8(5,6)7/h1-8H;(H,5,6,7)/q+1;/p-1. The van der Waals surface area contributed by atoms with Gasteiger partial charge in [-0.2, -0.15) is 26.3 Å². The molecule has 2 aromatic carbocycles. The van der Waals surface area contributed by atoms with E-state index in [9.17, 15) is 30.7 Å². The molecule has 0 aliphatic heterocycles. The monoisotopic (exact) mass is 516 g/mol. The molecule has 12 heteroatoms. The van der Waals surface area contributed by atoms with Crippen LogP contribution in [0.4, 0.5) is 30.7 Å². The second-order valence-corrected chi connectivity index (χ2v) is 8.84. The Morgan fingerprint density at radius 1 is 0.769 bits per heavy atom. The van der Waals surface area contributed by atoms with Crippen molar-refractivity contribution in [2.75, 3.05) is 0 Å². The van der Waals surface area contributed by atoms with Gasteiger partial charge in [-0.1, -0.05) is 0 Å². The summed E-state index contributed by atoms with van der Waals surface area (Å²) < 4.78 is 111. The van der Waals surface area contributed by atoms with E-state index in [2.05, 4.69) is 0 Å². The zero-order chi connectivity index (χ0) is 20.2. The zero-order valence-corrected chi connectivity index (χ0v) is 15.2. The first-order valence-electron chi connectivity index (χ1n) is 6.30. The minimum Gasteiger partial charge on any atom is -0.741 e. The first kappa shape index (κ1) is 22.6. The molecule has 0 bridgehead atoms. The van der Waals surface area contributed by atoms with Gasteiger partial charge in [-0.25, -0.2) is 12.8 Å². The predicted molar refractivity (Wildman–Crippen MR) is 71.0 cm³/mol. The average Bonchev–Trinajstić information content (AvgIpc) is 2.48. The summed E-state index contributed by atoms with van der Waals surface area (Å²) in [5.41, 5.74) is -6.29. The molecule has 0 amide bonds. The normalized spacial score (nSPS) is 12.3. The van der Waals surface area contributed by atoms with Gasteiger partial charge in [0.2, 0.25) is 0 Å². The maximum atomic E-state index is 12.7. The highest BCUT2D eigenvalue weighted by atomic mass is 127. The van der Waals surface area contributed by atoms with Gasteiger partial charge in [-0.3, -0.25) is 0 Å². The van der Waals surface area contributed by atoms with Crippen molar-refractivity contribution in [1.82, 2.24) is 0 Å². The second-order valence-electron chi connectivity index (χ2n) is 4.44. The number of rotatable bonds is 2. The fourth-order valence-corrected chi connectivity index (χ4v) is 3.48. The molecule has 0 radical (unpaired) electrons. The van der Waals surface area contributed by atoms with Crippen LogP contribution in [0.15, 0.2) is 48.5 Å². The summed E-state index contributed by atoms with van der Waals surface area (Å²) in [5, 5.41) is 0. The molecule has 0 spiro atoms. The number of halogens is 8. The van der Waals surface area contributed by atoms with E-state index in [1.165, 1.54) is 24.3 Å². The minimum atomic E-state index is -6.09. The molecule has 3 nitrogen and oxygen atoms in total. The lowest BCUT2D eigenvalue weighted by Crippen LogP contribution is -3.61. The van der Waals surface area contributed by atoms with Crippen LogP contribution in [-0.4, -0.2) is 18.5 Å². The predicted octanol–water partition coefficient (Wildman–Crippen LogP) is 1.02. The van der Waals surface area contributed by atoms with E-state index in [0.717, 1.165) is 19.3 Å². The fourth-order valence-electron chi connectivity index (χ4n) is 1.32. The smallest absolute Gasteiger partial charge is 0.485 e. The van der Waals surface area contributed by atoms with Gasteiger partial charge >= 0.3 is 32.9 Å². The molecule has 0 aliphatic carbocycles. The largest absolute Gasteiger partial charge is 0.741 e. The third kappa shape index (κ3) is 7.45. The molecular formula is C14H8F7IO3S. The maximum absolute atomic E-state index is 12.7. The maximum Gasteiger partial charge on any atom is 0.485 e. The first-order valence-corrected chi connectivity index (χ1v) is 9.86. The lowest BCUT2D eigenvalue weighted by molar-refractivity contribution is -0.597. The van der Waals surface area contributed by atoms with Gasteiger partial charge in [-0.05, 0) is 48.5 Å². The third-order valence-electron chi connectivity index (χ3n) is 2.48. The van der Waals surface area contributed by atoms with E-state index in [4.69, 9.17) is 13.0 Å². The van der Waals surface area contributed by atoms with Crippen LogP contribution < -0.4 is 21.2 Å². The summed E-state index contributed by atoms with van der Waals surface area (Å²) in [4.78, 5) is 0. The van der Waals surface area contributed by atoms with E-state index < -0.39 is 48.6 Å². The SMILES string of the molecule is Fc1ccc([I+]c2ccc(C(F)(F)F)cc2)cc1.O=S(=O)([O-])C(F)(F)F. The van der Waals surface area contributed by atoms with Crippen LogP contribution in [0.1, 0.15) is 5.56 Å². The Labute approximate surface area is 153 Å². The topological polar surface area (TPSA) is 57.2 Å². The van der Waals surface area contributed by atoms with Crippen molar-refractivity contribution in [3.05, 3.63) is 67.1 Å². The van der Waals surface area contributed by atoms with Crippen molar-refractivity contribution in [2.45, 2.75) is 11.7 Å². The Bertz CT molecular complexity index is 814. The molecule has 2 aromatic rings. The molecule has 0 heterocycles. The Kier molecular flexibility index (Phi) is 7.42. The van der Waals surface area contributed by atoms with Gasteiger partial charge in [0.1, 0.15) is 5.82 Å². The minimum absolute atomic E-state index is 0.310. The van der Waals surface area contributed by atoms with Crippen LogP contribution in [0.2, 0.25) is 0 Å². The number of hydrogen-bond donors (Lipinski definition) is 0. The Morgan fingerprint density at radius 3 is 1.42 bits per heavy atom. The molecule has 0 aromatic heterocycles. The summed E-state index contributed by atoms with van der Waals surface area (Å²) in [7, 11) is -6.09. The second kappa shape index (κ2) is 8.52. The number of alkyl halides is 6. The molecule has 0 saturated carbocycles. The van der Waals surface area contributed by atoms with Crippen molar-refractivity contribution >= 4 is 10.1 Å². The summed E-state index contributed by atoms with van der Waals surface area (Å²) in [5.74, 6) is -0.310. The van der Waals surface area contributed by atoms with E-state index in [-0.39, 0.29) is 5.82 Å². The first-order chi connectivity index (χ1) is 11.7. The lowest BCUT2D eigenvalue weighted by Gasteiger charge is -2.08. The number of benzene rings is 2. The van der Waals surface area contributed by atoms with Crippen molar-refractivity contribution in [2.24, 2.45) is 0 Å². The Balaban J connectivity index is 0.000000359. The highest BCUT2D eigenvalue weighted by Crippen LogP contribution is 2.28. The lowest BCUT2D eigenvalue weighted by atomic mass is 10.2. The summed E-state index contributed by atoms with van der Waals surface area (Å²) >= 11 is -0.568. The molecule has 0 fully saturated rings. The molecular weight excluding hydrogens is 508 g/mol. The van der Waals surface area contributed by atoms with E-state index in [0.29, 0.717) is 0 Å². The molecule has 0 aliphatic rings. The highest BCUT2D eigenvalue weighted by molar-refractivity contribution is 7.86. The quantitative estimate of drug-likeness (QED) is 0.260. The van der Waals surface area contributed by atoms with Crippen molar-refractivity contribution in [3.8, 4) is 0 Å². The van der Waals surface area contributed by atoms with E-state index in [1.807, 2.05) is 0 Å². The molecule has 0 unspecified atom stereocenters. The van der Waals surface area contributed by atoms with Crippen molar-refractivity contribution in [1.29, 1.82) is 0 Å². The van der Waals surface area contributed by atoms with Crippen LogP contribution in [0.5, 0.6) is 0 Å².